The molecule has 0 aliphatic carbocycles. The zero-order valence-corrected chi connectivity index (χ0v) is 13.5. The molecule has 0 aliphatic heterocycles. The zero-order valence-electron chi connectivity index (χ0n) is 12.6. The normalized spacial score (nSPS) is 10.4. The molecule has 0 fully saturated rings. The van der Waals surface area contributed by atoms with Gasteiger partial charge in [-0.3, -0.25) is 0 Å². The number of nitrogens with zero attached hydrogens (tertiary/aromatic N) is 1. The van der Waals surface area contributed by atoms with Gasteiger partial charge in [0.1, 0.15) is 24.8 Å². The van der Waals surface area contributed by atoms with Gasteiger partial charge in [0.25, 0.3) is 0 Å². The quantitative estimate of drug-likeness (QED) is 0.629. The summed E-state index contributed by atoms with van der Waals surface area (Å²) in [5.41, 5.74) is 3.62. The number of esters is 1. The van der Waals surface area contributed by atoms with Crippen molar-refractivity contribution < 1.29 is 18.7 Å². The van der Waals surface area contributed by atoms with Crippen molar-refractivity contribution in [1.29, 1.82) is 0 Å². The monoisotopic (exact) mass is 343 g/mol. The summed E-state index contributed by atoms with van der Waals surface area (Å²) >= 11 is 1.51. The van der Waals surface area contributed by atoms with Gasteiger partial charge in [0.15, 0.2) is 0 Å². The summed E-state index contributed by atoms with van der Waals surface area (Å²) in [7, 11) is 0. The molecule has 3 rings (SSSR count). The van der Waals surface area contributed by atoms with Crippen LogP contribution >= 0.6 is 11.3 Å². The minimum Gasteiger partial charge on any atom is -0.487 e. The smallest absolute Gasteiger partial charge is 0.338 e. The minimum atomic E-state index is -0.467. The fraction of sp³-hybridized carbons (Fsp3) is 0.111. The predicted molar refractivity (Wildman–Crippen MR) is 88.4 cm³/mol. The van der Waals surface area contributed by atoms with Crippen LogP contribution in [0.4, 0.5) is 4.39 Å². The fourth-order valence-corrected chi connectivity index (χ4v) is 2.56. The predicted octanol–water partition coefficient (Wildman–Crippen LogP) is 4.22. The lowest BCUT2D eigenvalue weighted by Gasteiger charge is -2.07. The lowest BCUT2D eigenvalue weighted by molar-refractivity contribution is 0.0472. The van der Waals surface area contributed by atoms with E-state index < -0.39 is 5.97 Å². The van der Waals surface area contributed by atoms with Gasteiger partial charge in [0, 0.05) is 5.38 Å². The molecule has 6 heteroatoms. The molecule has 0 unspecified atom stereocenters. The molecule has 1 heterocycles. The molecule has 0 saturated heterocycles. The molecule has 1 aromatic heterocycles. The van der Waals surface area contributed by atoms with Gasteiger partial charge < -0.3 is 9.47 Å². The van der Waals surface area contributed by atoms with E-state index in [0.717, 1.165) is 5.69 Å². The number of carbonyl (C=O) groups is 1. The van der Waals surface area contributed by atoms with Gasteiger partial charge in [-0.25, -0.2) is 14.2 Å². The van der Waals surface area contributed by atoms with Crippen LogP contribution in [0.15, 0.2) is 59.4 Å². The molecule has 0 saturated carbocycles. The second-order valence-corrected chi connectivity index (χ2v) is 5.72. The van der Waals surface area contributed by atoms with E-state index in [9.17, 15) is 9.18 Å². The standard InChI is InChI=1S/C18H14FNO3S/c19-15-3-1-2-13(8-15)9-23-18(21)14-4-6-17(7-5-14)22-10-16-11-24-12-20-16/h1-8,11-12H,9-10H2. The maximum absolute atomic E-state index is 13.1. The number of aromatic nitrogens is 1. The Morgan fingerprint density at radius 2 is 1.96 bits per heavy atom. The molecule has 122 valence electrons. The highest BCUT2D eigenvalue weighted by Gasteiger charge is 2.08. The van der Waals surface area contributed by atoms with E-state index >= 15 is 0 Å². The van der Waals surface area contributed by atoms with Gasteiger partial charge in [0.2, 0.25) is 0 Å². The van der Waals surface area contributed by atoms with Crippen molar-refractivity contribution in [2.24, 2.45) is 0 Å². The highest BCUT2D eigenvalue weighted by molar-refractivity contribution is 7.07. The van der Waals surface area contributed by atoms with E-state index in [1.165, 1.54) is 23.5 Å². The lowest BCUT2D eigenvalue weighted by Crippen LogP contribution is -2.05. The Morgan fingerprint density at radius 1 is 1.12 bits per heavy atom. The molecular weight excluding hydrogens is 329 g/mol. The number of rotatable bonds is 6. The summed E-state index contributed by atoms with van der Waals surface area (Å²) in [6.45, 7) is 0.408. The van der Waals surface area contributed by atoms with E-state index in [0.29, 0.717) is 23.5 Å². The van der Waals surface area contributed by atoms with Crippen LogP contribution in [0.5, 0.6) is 5.75 Å². The SMILES string of the molecule is O=C(OCc1cccc(F)c1)c1ccc(OCc2cscn2)cc1. The first-order valence-electron chi connectivity index (χ1n) is 7.22. The maximum atomic E-state index is 13.1. The topological polar surface area (TPSA) is 48.4 Å². The summed E-state index contributed by atoms with van der Waals surface area (Å²) in [5.74, 6) is -0.180. The average molecular weight is 343 g/mol. The van der Waals surface area contributed by atoms with E-state index in [1.807, 2.05) is 5.38 Å². The van der Waals surface area contributed by atoms with Gasteiger partial charge in [-0.05, 0) is 42.0 Å². The van der Waals surface area contributed by atoms with E-state index in [4.69, 9.17) is 9.47 Å². The Hall–Kier alpha value is -2.73. The number of benzene rings is 2. The Labute approximate surface area is 142 Å². The third-order valence-corrected chi connectivity index (χ3v) is 3.85. The first-order chi connectivity index (χ1) is 11.7. The number of halogens is 1. The summed E-state index contributed by atoms with van der Waals surface area (Å²) in [5, 5.41) is 1.91. The number of carbonyl (C=O) groups excluding carboxylic acids is 1. The Bertz CT molecular complexity index is 803. The van der Waals surface area contributed by atoms with Crippen LogP contribution in [-0.2, 0) is 18.0 Å². The third kappa shape index (κ3) is 4.39. The van der Waals surface area contributed by atoms with Crippen LogP contribution in [-0.4, -0.2) is 11.0 Å². The number of hydrogen-bond donors (Lipinski definition) is 0. The molecule has 0 amide bonds. The largest absolute Gasteiger partial charge is 0.487 e. The van der Waals surface area contributed by atoms with Gasteiger partial charge in [-0.1, -0.05) is 12.1 Å². The maximum Gasteiger partial charge on any atom is 0.338 e. The lowest BCUT2D eigenvalue weighted by atomic mass is 10.2. The Balaban J connectivity index is 1.53. The van der Waals surface area contributed by atoms with Crippen LogP contribution in [0, 0.1) is 5.82 Å². The molecule has 4 nitrogen and oxygen atoms in total. The Kier molecular flexibility index (Phi) is 5.18. The molecule has 2 aromatic carbocycles. The zero-order chi connectivity index (χ0) is 16.8. The molecule has 24 heavy (non-hydrogen) atoms. The highest BCUT2D eigenvalue weighted by atomic mass is 32.1. The van der Waals surface area contributed by atoms with E-state index in [-0.39, 0.29) is 12.4 Å². The van der Waals surface area contributed by atoms with Gasteiger partial charge in [-0.15, -0.1) is 11.3 Å². The number of thiazole rings is 1. The average Bonchev–Trinajstić information content (AvgIpc) is 3.12. The molecule has 0 spiro atoms. The molecule has 3 aromatic rings. The molecular formula is C18H14FNO3S. The number of hydrogen-bond acceptors (Lipinski definition) is 5. The molecule has 0 atom stereocenters. The fourth-order valence-electron chi connectivity index (χ4n) is 2.01. The van der Waals surface area contributed by atoms with Crippen molar-refractivity contribution in [2.45, 2.75) is 13.2 Å². The van der Waals surface area contributed by atoms with E-state index in [1.54, 1.807) is 41.9 Å². The van der Waals surface area contributed by atoms with Gasteiger partial charge >= 0.3 is 5.97 Å². The molecule has 0 aliphatic rings. The first kappa shape index (κ1) is 16.1. The van der Waals surface area contributed by atoms with Crippen molar-refractivity contribution >= 4 is 17.3 Å². The van der Waals surface area contributed by atoms with Crippen molar-refractivity contribution in [3.8, 4) is 5.75 Å². The van der Waals surface area contributed by atoms with Crippen molar-refractivity contribution in [1.82, 2.24) is 4.98 Å². The second kappa shape index (κ2) is 7.70. The summed E-state index contributed by atoms with van der Waals surface area (Å²) in [4.78, 5) is 16.1. The highest BCUT2D eigenvalue weighted by Crippen LogP contribution is 2.15. The van der Waals surface area contributed by atoms with Crippen LogP contribution in [0.3, 0.4) is 0 Å². The van der Waals surface area contributed by atoms with E-state index in [2.05, 4.69) is 4.98 Å². The minimum absolute atomic E-state index is 0.0265. The Morgan fingerprint density at radius 3 is 2.67 bits per heavy atom. The van der Waals surface area contributed by atoms with Crippen LogP contribution in [0.2, 0.25) is 0 Å². The second-order valence-electron chi connectivity index (χ2n) is 5.00. The summed E-state index contributed by atoms with van der Waals surface area (Å²) in [6, 6.07) is 12.6. The van der Waals surface area contributed by atoms with Crippen molar-refractivity contribution in [2.75, 3.05) is 0 Å². The molecule has 0 bridgehead atoms. The van der Waals surface area contributed by atoms with Crippen LogP contribution in [0.1, 0.15) is 21.6 Å². The van der Waals surface area contributed by atoms with Crippen LogP contribution < -0.4 is 4.74 Å². The first-order valence-corrected chi connectivity index (χ1v) is 8.16. The van der Waals surface area contributed by atoms with Crippen LogP contribution in [0.25, 0.3) is 0 Å². The van der Waals surface area contributed by atoms with Gasteiger partial charge in [0.05, 0.1) is 16.8 Å². The third-order valence-electron chi connectivity index (χ3n) is 3.22. The summed E-state index contributed by atoms with van der Waals surface area (Å²) < 4.78 is 23.8. The molecule has 0 N–H and O–H groups in total. The molecule has 0 radical (unpaired) electrons. The van der Waals surface area contributed by atoms with Crippen molar-refractivity contribution in [3.05, 3.63) is 82.1 Å². The number of ether oxygens (including phenoxy) is 2. The summed E-state index contributed by atoms with van der Waals surface area (Å²) in [6.07, 6.45) is 0. The van der Waals surface area contributed by atoms with Crippen molar-refractivity contribution in [3.63, 3.8) is 0 Å². The van der Waals surface area contributed by atoms with Gasteiger partial charge in [-0.2, -0.15) is 0 Å².